The van der Waals surface area contributed by atoms with Gasteiger partial charge in [0.2, 0.25) is 0 Å². The Bertz CT molecular complexity index is 511. The Hall–Kier alpha value is -2.10. The second-order valence-corrected chi connectivity index (χ2v) is 3.43. The van der Waals surface area contributed by atoms with Crippen molar-refractivity contribution in [3.63, 3.8) is 0 Å². The number of nitrogen functional groups attached to an aromatic ring is 1. The quantitative estimate of drug-likeness (QED) is 0.621. The van der Waals surface area contributed by atoms with Crippen molar-refractivity contribution in [2.75, 3.05) is 12.3 Å². The molecule has 0 aliphatic carbocycles. The SMILES string of the molecule is Nc1c(CCOC=O)cnc2ccccc12. The number of carbonyl (C=O) groups is 1. The van der Waals surface area contributed by atoms with E-state index in [0.29, 0.717) is 25.2 Å². The molecule has 2 aromatic rings. The number of anilines is 1. The molecular formula is C12H12N2O2. The summed E-state index contributed by atoms with van der Waals surface area (Å²) in [4.78, 5) is 14.3. The molecule has 1 aromatic heterocycles. The van der Waals surface area contributed by atoms with E-state index in [1.54, 1.807) is 6.20 Å². The van der Waals surface area contributed by atoms with Gasteiger partial charge in [-0.25, -0.2) is 0 Å². The normalized spacial score (nSPS) is 10.2. The minimum absolute atomic E-state index is 0.327. The van der Waals surface area contributed by atoms with E-state index in [1.165, 1.54) is 0 Å². The van der Waals surface area contributed by atoms with Crippen LogP contribution in [-0.4, -0.2) is 18.1 Å². The minimum atomic E-state index is 0.327. The number of nitrogens with two attached hydrogens (primary N) is 1. The molecule has 1 aromatic carbocycles. The molecule has 0 saturated carbocycles. The zero-order valence-electron chi connectivity index (χ0n) is 8.72. The molecular weight excluding hydrogens is 204 g/mol. The zero-order chi connectivity index (χ0) is 11.4. The topological polar surface area (TPSA) is 65.2 Å². The van der Waals surface area contributed by atoms with Crippen molar-refractivity contribution in [3.05, 3.63) is 36.0 Å². The average molecular weight is 216 g/mol. The molecule has 0 atom stereocenters. The number of nitrogens with zero attached hydrogens (tertiary/aromatic N) is 1. The second kappa shape index (κ2) is 4.61. The Kier molecular flexibility index (Phi) is 3.00. The fourth-order valence-electron chi connectivity index (χ4n) is 1.62. The number of hydrogen-bond donors (Lipinski definition) is 1. The zero-order valence-corrected chi connectivity index (χ0v) is 8.72. The first-order chi connectivity index (χ1) is 7.83. The van der Waals surface area contributed by atoms with Crippen LogP contribution in [0.1, 0.15) is 5.56 Å². The van der Waals surface area contributed by atoms with Gasteiger partial charge in [-0.3, -0.25) is 9.78 Å². The molecule has 0 bridgehead atoms. The molecule has 1 heterocycles. The van der Waals surface area contributed by atoms with Crippen LogP contribution < -0.4 is 5.73 Å². The van der Waals surface area contributed by atoms with E-state index in [9.17, 15) is 4.79 Å². The van der Waals surface area contributed by atoms with Crippen molar-refractivity contribution in [3.8, 4) is 0 Å². The van der Waals surface area contributed by atoms with Crippen molar-refractivity contribution in [2.45, 2.75) is 6.42 Å². The number of carbonyl (C=O) groups excluding carboxylic acids is 1. The van der Waals surface area contributed by atoms with Gasteiger partial charge in [-0.2, -0.15) is 0 Å². The molecule has 0 radical (unpaired) electrons. The summed E-state index contributed by atoms with van der Waals surface area (Å²) in [5, 5.41) is 0.936. The second-order valence-electron chi connectivity index (χ2n) is 3.43. The summed E-state index contributed by atoms with van der Waals surface area (Å²) >= 11 is 0. The third kappa shape index (κ3) is 1.95. The van der Waals surface area contributed by atoms with Crippen molar-refractivity contribution < 1.29 is 9.53 Å². The first-order valence-corrected chi connectivity index (χ1v) is 5.00. The number of benzene rings is 1. The summed E-state index contributed by atoms with van der Waals surface area (Å²) < 4.78 is 4.64. The lowest BCUT2D eigenvalue weighted by Crippen LogP contribution is -2.02. The van der Waals surface area contributed by atoms with Gasteiger partial charge in [-0.05, 0) is 11.6 Å². The average Bonchev–Trinajstić information content (AvgIpc) is 2.33. The summed E-state index contributed by atoms with van der Waals surface area (Å²) in [6.07, 6.45) is 2.31. The lowest BCUT2D eigenvalue weighted by molar-refractivity contribution is -0.128. The standard InChI is InChI=1S/C12H12N2O2/c13-12-9(5-6-16-8-15)7-14-11-4-2-1-3-10(11)12/h1-4,7-8H,5-6H2,(H2,13,14). The summed E-state index contributed by atoms with van der Waals surface area (Å²) in [5.41, 5.74) is 8.50. The van der Waals surface area contributed by atoms with E-state index >= 15 is 0 Å². The highest BCUT2D eigenvalue weighted by molar-refractivity contribution is 5.91. The van der Waals surface area contributed by atoms with Crippen LogP contribution in [0.3, 0.4) is 0 Å². The van der Waals surface area contributed by atoms with Gasteiger partial charge in [0.25, 0.3) is 6.47 Å². The molecule has 82 valence electrons. The van der Waals surface area contributed by atoms with E-state index in [1.807, 2.05) is 24.3 Å². The van der Waals surface area contributed by atoms with E-state index in [2.05, 4.69) is 9.72 Å². The molecule has 2 N–H and O–H groups in total. The smallest absolute Gasteiger partial charge is 0.293 e. The van der Waals surface area contributed by atoms with Gasteiger partial charge in [0.1, 0.15) is 0 Å². The maximum Gasteiger partial charge on any atom is 0.293 e. The lowest BCUT2D eigenvalue weighted by atomic mass is 10.1. The van der Waals surface area contributed by atoms with Gasteiger partial charge in [0, 0.05) is 23.7 Å². The molecule has 4 nitrogen and oxygen atoms in total. The van der Waals surface area contributed by atoms with E-state index in [4.69, 9.17) is 5.73 Å². The predicted molar refractivity (Wildman–Crippen MR) is 61.9 cm³/mol. The number of fused-ring (bicyclic) bond motifs is 1. The predicted octanol–water partition coefficient (Wildman–Crippen LogP) is 1.53. The lowest BCUT2D eigenvalue weighted by Gasteiger charge is -2.07. The maximum atomic E-state index is 10.0. The van der Waals surface area contributed by atoms with Gasteiger partial charge in [-0.15, -0.1) is 0 Å². The van der Waals surface area contributed by atoms with Crippen LogP contribution in [0.25, 0.3) is 10.9 Å². The third-order valence-electron chi connectivity index (χ3n) is 2.46. The monoisotopic (exact) mass is 216 g/mol. The number of hydrogen-bond acceptors (Lipinski definition) is 4. The van der Waals surface area contributed by atoms with Crippen LogP contribution >= 0.6 is 0 Å². The number of aromatic nitrogens is 1. The van der Waals surface area contributed by atoms with E-state index in [-0.39, 0.29) is 0 Å². The van der Waals surface area contributed by atoms with Crippen LogP contribution in [0.5, 0.6) is 0 Å². The molecule has 4 heteroatoms. The van der Waals surface area contributed by atoms with Gasteiger partial charge >= 0.3 is 0 Å². The van der Waals surface area contributed by atoms with Crippen LogP contribution in [0.4, 0.5) is 5.69 Å². The number of rotatable bonds is 4. The van der Waals surface area contributed by atoms with Crippen LogP contribution in [0.2, 0.25) is 0 Å². The molecule has 0 aliphatic rings. The van der Waals surface area contributed by atoms with Crippen molar-refractivity contribution >= 4 is 23.1 Å². The third-order valence-corrected chi connectivity index (χ3v) is 2.46. The van der Waals surface area contributed by atoms with E-state index < -0.39 is 0 Å². The van der Waals surface area contributed by atoms with E-state index in [0.717, 1.165) is 16.5 Å². The van der Waals surface area contributed by atoms with Crippen molar-refractivity contribution in [1.82, 2.24) is 4.98 Å². The molecule has 0 spiro atoms. The van der Waals surface area contributed by atoms with Gasteiger partial charge in [0.15, 0.2) is 0 Å². The highest BCUT2D eigenvalue weighted by Gasteiger charge is 2.04. The molecule has 0 unspecified atom stereocenters. The molecule has 16 heavy (non-hydrogen) atoms. The molecule has 0 fully saturated rings. The van der Waals surface area contributed by atoms with Crippen molar-refractivity contribution in [1.29, 1.82) is 0 Å². The number of ether oxygens (including phenoxy) is 1. The largest absolute Gasteiger partial charge is 0.468 e. The molecule has 2 rings (SSSR count). The Morgan fingerprint density at radius 3 is 3.00 bits per heavy atom. The van der Waals surface area contributed by atoms with Gasteiger partial charge < -0.3 is 10.5 Å². The Balaban J connectivity index is 2.33. The Labute approximate surface area is 93.0 Å². The molecule has 0 saturated heterocycles. The van der Waals surface area contributed by atoms with Gasteiger partial charge in [0.05, 0.1) is 12.1 Å². The summed E-state index contributed by atoms with van der Waals surface area (Å²) in [6, 6.07) is 7.69. The van der Waals surface area contributed by atoms with Gasteiger partial charge in [-0.1, -0.05) is 18.2 Å². The minimum Gasteiger partial charge on any atom is -0.468 e. The number of pyridine rings is 1. The summed E-state index contributed by atoms with van der Waals surface area (Å²) in [5.74, 6) is 0. The fraction of sp³-hybridized carbons (Fsp3) is 0.167. The Morgan fingerprint density at radius 1 is 1.38 bits per heavy atom. The van der Waals surface area contributed by atoms with Crippen LogP contribution in [0.15, 0.2) is 30.5 Å². The maximum absolute atomic E-state index is 10.0. The van der Waals surface area contributed by atoms with Crippen LogP contribution in [-0.2, 0) is 16.0 Å². The highest BCUT2D eigenvalue weighted by atomic mass is 16.5. The fourth-order valence-corrected chi connectivity index (χ4v) is 1.62. The summed E-state index contributed by atoms with van der Waals surface area (Å²) in [7, 11) is 0. The number of para-hydroxylation sites is 1. The Morgan fingerprint density at radius 2 is 2.19 bits per heavy atom. The summed E-state index contributed by atoms with van der Waals surface area (Å²) in [6.45, 7) is 0.762. The van der Waals surface area contributed by atoms with Crippen LogP contribution in [0, 0.1) is 0 Å². The highest BCUT2D eigenvalue weighted by Crippen LogP contribution is 2.22. The first-order valence-electron chi connectivity index (χ1n) is 5.00. The first kappa shape index (κ1) is 10.4. The van der Waals surface area contributed by atoms with Crippen molar-refractivity contribution in [2.24, 2.45) is 0 Å². The molecule has 0 aliphatic heterocycles. The molecule has 0 amide bonds.